The number of hydrogen-bond acceptors (Lipinski definition) is 0. The Kier molecular flexibility index (Phi) is 9.02. The first-order chi connectivity index (χ1) is 34.0. The van der Waals surface area contributed by atoms with Crippen LogP contribution in [0.2, 0.25) is 0 Å². The molecular weight excluding hydrogens is 952 g/mol. The number of rotatable bonds is 6. The van der Waals surface area contributed by atoms with Gasteiger partial charge in [-0.1, -0.05) is 30.3 Å². The monoisotopic (exact) mass is 996 g/mol. The Morgan fingerprint density at radius 1 is 0.536 bits per heavy atom. The van der Waals surface area contributed by atoms with E-state index in [1.807, 2.05) is 0 Å². The fourth-order valence-electron chi connectivity index (χ4n) is 11.3. The van der Waals surface area contributed by atoms with Gasteiger partial charge in [-0.15, -0.1) is 0 Å². The van der Waals surface area contributed by atoms with Crippen LogP contribution in [0.15, 0.2) is 224 Å². The van der Waals surface area contributed by atoms with Gasteiger partial charge in [-0.05, 0) is 5.39 Å². The van der Waals surface area contributed by atoms with Gasteiger partial charge in [-0.2, -0.15) is 0 Å². The van der Waals surface area contributed by atoms with Crippen LogP contribution in [-0.2, 0) is 0 Å². The van der Waals surface area contributed by atoms with Crippen LogP contribution in [0.5, 0.6) is 0 Å². The number of hydrogen-bond donors (Lipinski definition) is 1. The first kappa shape index (κ1) is 40.1. The van der Waals surface area contributed by atoms with Gasteiger partial charge in [0.15, 0.2) is 0 Å². The van der Waals surface area contributed by atoms with Crippen molar-refractivity contribution in [2.75, 3.05) is 0 Å². The van der Waals surface area contributed by atoms with Crippen molar-refractivity contribution in [3.05, 3.63) is 244 Å². The van der Waals surface area contributed by atoms with Crippen LogP contribution in [0.3, 0.4) is 0 Å². The van der Waals surface area contributed by atoms with Gasteiger partial charge in [0.05, 0.1) is 0 Å². The number of aromatic nitrogens is 2. The Labute approximate surface area is 409 Å². The molecular formula is C64H45IN4. The fourth-order valence-corrected chi connectivity index (χ4v) is 13.8. The van der Waals surface area contributed by atoms with Gasteiger partial charge >= 0.3 is 377 Å². The van der Waals surface area contributed by atoms with Gasteiger partial charge in [0.1, 0.15) is 0 Å². The molecule has 10 aromatic carbocycles. The molecule has 0 saturated heterocycles. The molecule has 1 unspecified atom stereocenters. The van der Waals surface area contributed by atoms with Gasteiger partial charge < -0.3 is 0 Å². The van der Waals surface area contributed by atoms with Gasteiger partial charge in [-0.25, -0.2) is 0 Å². The molecule has 4 nitrogen and oxygen atoms in total. The topological polar surface area (TPSA) is 38.9 Å². The standard InChI is InChI=1S/C64H45IN4/c1-64-34-14-13-21-47(64)38-61-56(40-64)55-39-49(67-57-25-12-11-24-53(57)54-36-44-19-5-6-20-45(44)37-60(54)67)30-33-58(55)68(61)62-52-23-10-8-16-42(52)28-32-59(62)69(63(66)43-17-3-2-4-18-43)65-48-29-31-51-46(35-48)27-26-41-15-7-9-22-50(41)51/h2-33,35-40H,34,66H2,1H3/b69-63-. The zero-order valence-electron chi connectivity index (χ0n) is 37.9. The van der Waals surface area contributed by atoms with Crippen LogP contribution in [-0.4, -0.2) is 17.8 Å². The second kappa shape index (κ2) is 15.5. The van der Waals surface area contributed by atoms with Crippen molar-refractivity contribution in [2.45, 2.75) is 13.3 Å². The second-order valence-electron chi connectivity index (χ2n) is 18.8. The summed E-state index contributed by atoms with van der Waals surface area (Å²) in [5.41, 5.74) is 16.6. The Bertz CT molecular complexity index is 4400. The van der Waals surface area contributed by atoms with Gasteiger partial charge in [0.25, 0.3) is 0 Å². The number of para-hydroxylation sites is 1. The third-order valence-corrected chi connectivity index (χ3v) is 17.4. The summed E-state index contributed by atoms with van der Waals surface area (Å²) in [6.07, 6.45) is 12.8. The third kappa shape index (κ3) is 6.30. The number of fused-ring (bicyclic) bond motifs is 12. The molecule has 1 atom stereocenters. The molecule has 0 spiro atoms. The van der Waals surface area contributed by atoms with Gasteiger partial charge in [-0.3, -0.25) is 0 Å². The summed E-state index contributed by atoms with van der Waals surface area (Å²) >= 11 is -0.894. The Hall–Kier alpha value is -8.00. The SMILES string of the molecule is CC12C=c3c(n(-c4c(/[N+]([I-]c5ccc6c(ccc7ccccc76)c5)=C(/N)c5ccccc5)ccc5ccccc45)c4ccc(-n5c6ccccc6c6cc7ccccc7cc65)cc34)=CC1=CC=CC2. The molecule has 328 valence electrons. The van der Waals surface area contributed by atoms with Crippen LogP contribution in [0.25, 0.3) is 99.3 Å². The summed E-state index contributed by atoms with van der Waals surface area (Å²) in [6.45, 7) is 2.39. The maximum absolute atomic E-state index is 7.55. The summed E-state index contributed by atoms with van der Waals surface area (Å²) in [4.78, 5) is 0. The molecule has 0 bridgehead atoms. The van der Waals surface area contributed by atoms with Crippen molar-refractivity contribution in [2.24, 2.45) is 11.1 Å². The predicted molar refractivity (Wildman–Crippen MR) is 286 cm³/mol. The average Bonchev–Trinajstić information content (AvgIpc) is 3.88. The number of benzene rings is 10. The molecule has 0 radical (unpaired) electrons. The first-order valence-corrected chi connectivity index (χ1v) is 25.8. The molecule has 2 N–H and O–H groups in total. The molecule has 2 aromatic heterocycles. The van der Waals surface area contributed by atoms with Crippen molar-refractivity contribution in [1.82, 2.24) is 9.13 Å². The fraction of sp³-hybridized carbons (Fsp3) is 0.0469. The second-order valence-corrected chi connectivity index (χ2v) is 21.5. The summed E-state index contributed by atoms with van der Waals surface area (Å²) in [5, 5.41) is 16.1. The van der Waals surface area contributed by atoms with E-state index in [0.29, 0.717) is 0 Å². The van der Waals surface area contributed by atoms with Gasteiger partial charge in [0, 0.05) is 0 Å². The van der Waals surface area contributed by atoms with Crippen LogP contribution in [0.1, 0.15) is 18.9 Å². The van der Waals surface area contributed by atoms with E-state index >= 15 is 0 Å². The summed E-state index contributed by atoms with van der Waals surface area (Å²) < 4.78 is 8.77. The van der Waals surface area contributed by atoms with Crippen LogP contribution >= 0.6 is 0 Å². The predicted octanol–water partition coefficient (Wildman–Crippen LogP) is 10.7. The van der Waals surface area contributed by atoms with Crippen LogP contribution in [0.4, 0.5) is 5.69 Å². The van der Waals surface area contributed by atoms with E-state index < -0.39 is 21.5 Å². The third-order valence-electron chi connectivity index (χ3n) is 14.7. The van der Waals surface area contributed by atoms with Crippen molar-refractivity contribution < 1.29 is 24.3 Å². The number of nitrogens with zero attached hydrogens (tertiary/aromatic N) is 3. The number of halogens is 1. The molecule has 12 aromatic rings. The summed E-state index contributed by atoms with van der Waals surface area (Å²) in [6, 6.07) is 73.6. The van der Waals surface area contributed by atoms with E-state index in [1.54, 1.807) is 0 Å². The van der Waals surface area contributed by atoms with E-state index in [4.69, 9.17) is 5.73 Å². The van der Waals surface area contributed by atoms with Crippen molar-refractivity contribution in [3.8, 4) is 11.4 Å². The molecule has 69 heavy (non-hydrogen) atoms. The normalized spacial score (nSPS) is 16.0. The van der Waals surface area contributed by atoms with Crippen LogP contribution < -0.4 is 37.8 Å². The molecule has 0 aliphatic heterocycles. The quantitative estimate of drug-likeness (QED) is 0.0582. The van der Waals surface area contributed by atoms with E-state index in [2.05, 4.69) is 249 Å². The number of nitrogens with two attached hydrogens (primary N) is 1. The zero-order valence-corrected chi connectivity index (χ0v) is 40.1. The molecule has 14 rings (SSSR count). The van der Waals surface area contributed by atoms with E-state index in [0.717, 1.165) is 40.4 Å². The molecule has 0 amide bonds. The van der Waals surface area contributed by atoms with Crippen molar-refractivity contribution in [3.63, 3.8) is 0 Å². The van der Waals surface area contributed by atoms with Crippen molar-refractivity contribution in [1.29, 1.82) is 0 Å². The summed E-state index contributed by atoms with van der Waals surface area (Å²) in [5.74, 6) is 0.744. The number of amidine groups is 1. The molecule has 0 fully saturated rings. The first-order valence-electron chi connectivity index (χ1n) is 23.7. The average molecular weight is 997 g/mol. The van der Waals surface area contributed by atoms with E-state index in [1.165, 1.54) is 90.0 Å². The van der Waals surface area contributed by atoms with Crippen molar-refractivity contribution >= 4 is 99.5 Å². The Balaban J connectivity index is 1.06. The van der Waals surface area contributed by atoms with Crippen LogP contribution in [0, 0.1) is 8.99 Å². The molecule has 2 aliphatic rings. The van der Waals surface area contributed by atoms with E-state index in [-0.39, 0.29) is 5.41 Å². The summed E-state index contributed by atoms with van der Waals surface area (Å²) in [7, 11) is 0. The maximum atomic E-state index is 7.55. The molecule has 2 aliphatic carbocycles. The Morgan fingerprint density at radius 3 is 2.04 bits per heavy atom. The molecule has 5 heteroatoms. The molecule has 2 heterocycles. The minimum absolute atomic E-state index is 0.144. The van der Waals surface area contributed by atoms with Gasteiger partial charge in [0.2, 0.25) is 0 Å². The Morgan fingerprint density at radius 2 is 1.20 bits per heavy atom. The number of allylic oxidation sites excluding steroid dienone is 4. The minimum atomic E-state index is -0.894. The molecule has 0 saturated carbocycles. The zero-order chi connectivity index (χ0) is 45.8. The van der Waals surface area contributed by atoms with E-state index in [9.17, 15) is 0 Å².